The molecule has 1 aromatic rings. The molecular weight excluding hydrogens is 266 g/mol. The van der Waals surface area contributed by atoms with Gasteiger partial charge in [0.15, 0.2) is 0 Å². The Kier molecular flexibility index (Phi) is 4.42. The summed E-state index contributed by atoms with van der Waals surface area (Å²) in [7, 11) is 0. The summed E-state index contributed by atoms with van der Waals surface area (Å²) < 4.78 is 0. The Morgan fingerprint density at radius 3 is 2.27 bits per heavy atom. The first-order valence-corrected chi connectivity index (χ1v) is 8.81. The topological polar surface area (TPSA) is 12.0 Å². The van der Waals surface area contributed by atoms with Gasteiger partial charge in [0.1, 0.15) is 0 Å². The molecule has 1 heteroatoms. The third-order valence-corrected chi connectivity index (χ3v) is 5.54. The number of allylic oxidation sites excluding steroid dienone is 4. The van der Waals surface area contributed by atoms with Gasteiger partial charge in [-0.25, -0.2) is 0 Å². The normalized spacial score (nSPS) is 28.7. The third kappa shape index (κ3) is 2.99. The molecule has 3 rings (SSSR count). The van der Waals surface area contributed by atoms with Gasteiger partial charge in [-0.1, -0.05) is 43.7 Å². The highest BCUT2D eigenvalue weighted by Crippen LogP contribution is 2.40. The molecule has 1 nitrogen and oxygen atoms in total. The van der Waals surface area contributed by atoms with E-state index >= 15 is 0 Å². The molecule has 2 aliphatic carbocycles. The minimum atomic E-state index is 0.568. The second-order valence-corrected chi connectivity index (χ2v) is 7.34. The SMILES string of the molecule is CC1=CC(C)C(C)=C1c1ccccc1NC1CCC(C)CC1. The predicted octanol–water partition coefficient (Wildman–Crippen LogP) is 6.05. The zero-order valence-corrected chi connectivity index (χ0v) is 14.4. The van der Waals surface area contributed by atoms with Crippen molar-refractivity contribution in [2.75, 3.05) is 5.32 Å². The molecule has 0 heterocycles. The number of hydrogen-bond donors (Lipinski definition) is 1. The van der Waals surface area contributed by atoms with E-state index in [1.165, 1.54) is 53.7 Å². The molecule has 1 N–H and O–H groups in total. The summed E-state index contributed by atoms with van der Waals surface area (Å²) in [4.78, 5) is 0. The van der Waals surface area contributed by atoms with Crippen LogP contribution in [0.1, 0.15) is 58.9 Å². The molecule has 118 valence electrons. The van der Waals surface area contributed by atoms with Crippen molar-refractivity contribution in [1.82, 2.24) is 0 Å². The molecule has 0 saturated heterocycles. The number of para-hydroxylation sites is 1. The highest BCUT2D eigenvalue weighted by molar-refractivity contribution is 5.89. The maximum atomic E-state index is 3.84. The Morgan fingerprint density at radius 1 is 0.955 bits per heavy atom. The summed E-state index contributed by atoms with van der Waals surface area (Å²) in [5.74, 6) is 1.47. The number of anilines is 1. The second kappa shape index (κ2) is 6.32. The van der Waals surface area contributed by atoms with Crippen LogP contribution in [0.2, 0.25) is 0 Å². The van der Waals surface area contributed by atoms with Gasteiger partial charge in [0.2, 0.25) is 0 Å². The Balaban J connectivity index is 1.87. The summed E-state index contributed by atoms with van der Waals surface area (Å²) in [6, 6.07) is 9.50. The number of nitrogens with one attached hydrogen (secondary N) is 1. The summed E-state index contributed by atoms with van der Waals surface area (Å²) in [5, 5.41) is 3.84. The van der Waals surface area contributed by atoms with E-state index in [0.29, 0.717) is 12.0 Å². The van der Waals surface area contributed by atoms with Crippen molar-refractivity contribution in [1.29, 1.82) is 0 Å². The Labute approximate surface area is 135 Å². The fraction of sp³-hybridized carbons (Fsp3) is 0.524. The number of hydrogen-bond acceptors (Lipinski definition) is 1. The lowest BCUT2D eigenvalue weighted by Gasteiger charge is -2.29. The van der Waals surface area contributed by atoms with Crippen LogP contribution in [0.4, 0.5) is 5.69 Å². The van der Waals surface area contributed by atoms with Crippen molar-refractivity contribution in [2.24, 2.45) is 11.8 Å². The molecular formula is C21H29N. The fourth-order valence-electron chi connectivity index (χ4n) is 4.00. The fourth-order valence-corrected chi connectivity index (χ4v) is 4.00. The van der Waals surface area contributed by atoms with Crippen LogP contribution in [0.5, 0.6) is 0 Å². The highest BCUT2D eigenvalue weighted by atomic mass is 14.9. The van der Waals surface area contributed by atoms with Crippen molar-refractivity contribution in [3.63, 3.8) is 0 Å². The van der Waals surface area contributed by atoms with Crippen LogP contribution in [0.15, 0.2) is 41.5 Å². The maximum Gasteiger partial charge on any atom is 0.0422 e. The zero-order chi connectivity index (χ0) is 15.7. The molecule has 0 spiro atoms. The molecule has 0 amide bonds. The van der Waals surface area contributed by atoms with Crippen molar-refractivity contribution in [2.45, 2.75) is 59.4 Å². The van der Waals surface area contributed by atoms with Crippen molar-refractivity contribution >= 4 is 11.3 Å². The highest BCUT2D eigenvalue weighted by Gasteiger charge is 2.23. The van der Waals surface area contributed by atoms with Gasteiger partial charge in [0.25, 0.3) is 0 Å². The van der Waals surface area contributed by atoms with Crippen LogP contribution in [0, 0.1) is 11.8 Å². The Morgan fingerprint density at radius 2 is 1.64 bits per heavy atom. The minimum Gasteiger partial charge on any atom is -0.382 e. The quantitative estimate of drug-likeness (QED) is 0.716. The Bertz CT molecular complexity index is 600. The van der Waals surface area contributed by atoms with Gasteiger partial charge in [-0.15, -0.1) is 0 Å². The third-order valence-electron chi connectivity index (χ3n) is 5.54. The maximum absolute atomic E-state index is 3.84. The lowest BCUT2D eigenvalue weighted by Crippen LogP contribution is -2.25. The van der Waals surface area contributed by atoms with Crippen LogP contribution >= 0.6 is 0 Å². The van der Waals surface area contributed by atoms with Gasteiger partial charge < -0.3 is 5.32 Å². The summed E-state index contributed by atoms with van der Waals surface area (Å²) in [6.07, 6.45) is 7.72. The molecule has 0 radical (unpaired) electrons. The molecule has 1 fully saturated rings. The van der Waals surface area contributed by atoms with Crippen molar-refractivity contribution in [3.05, 3.63) is 47.1 Å². The Hall–Kier alpha value is -1.50. The van der Waals surface area contributed by atoms with Gasteiger partial charge in [-0.2, -0.15) is 0 Å². The molecule has 2 aliphatic rings. The van der Waals surface area contributed by atoms with Gasteiger partial charge >= 0.3 is 0 Å². The van der Waals surface area contributed by atoms with E-state index in [9.17, 15) is 0 Å². The van der Waals surface area contributed by atoms with Crippen molar-refractivity contribution in [3.8, 4) is 0 Å². The van der Waals surface area contributed by atoms with E-state index in [-0.39, 0.29) is 0 Å². The predicted molar refractivity (Wildman–Crippen MR) is 97.0 cm³/mol. The zero-order valence-electron chi connectivity index (χ0n) is 14.4. The lowest BCUT2D eigenvalue weighted by molar-refractivity contribution is 0.361. The molecule has 22 heavy (non-hydrogen) atoms. The van der Waals surface area contributed by atoms with Crippen LogP contribution < -0.4 is 5.32 Å². The average Bonchev–Trinajstić information content (AvgIpc) is 2.75. The largest absolute Gasteiger partial charge is 0.382 e. The smallest absolute Gasteiger partial charge is 0.0422 e. The van der Waals surface area contributed by atoms with E-state index in [1.54, 1.807) is 0 Å². The van der Waals surface area contributed by atoms with E-state index in [2.05, 4.69) is 63.4 Å². The van der Waals surface area contributed by atoms with Crippen LogP contribution in [-0.2, 0) is 0 Å². The molecule has 1 atom stereocenters. The first kappa shape index (κ1) is 15.4. The van der Waals surface area contributed by atoms with Gasteiger partial charge in [0, 0.05) is 17.3 Å². The monoisotopic (exact) mass is 295 g/mol. The molecule has 0 aromatic heterocycles. The van der Waals surface area contributed by atoms with Gasteiger partial charge in [-0.3, -0.25) is 0 Å². The van der Waals surface area contributed by atoms with E-state index in [1.807, 2.05) is 0 Å². The number of benzene rings is 1. The van der Waals surface area contributed by atoms with Crippen molar-refractivity contribution < 1.29 is 0 Å². The first-order valence-electron chi connectivity index (χ1n) is 8.81. The average molecular weight is 295 g/mol. The summed E-state index contributed by atoms with van der Waals surface area (Å²) in [6.45, 7) is 9.21. The standard InChI is InChI=1S/C21H29N/c1-14-9-11-18(12-10-14)22-20-8-6-5-7-19(20)21-16(3)13-15(2)17(21)4/h5-8,13-15,18,22H,9-12H2,1-4H3. The van der Waals surface area contributed by atoms with Gasteiger partial charge in [0.05, 0.1) is 0 Å². The molecule has 0 bridgehead atoms. The molecule has 1 saturated carbocycles. The van der Waals surface area contributed by atoms with Crippen LogP contribution in [0.25, 0.3) is 5.57 Å². The molecule has 1 unspecified atom stereocenters. The first-order chi connectivity index (χ1) is 10.6. The second-order valence-electron chi connectivity index (χ2n) is 7.34. The van der Waals surface area contributed by atoms with E-state index < -0.39 is 0 Å². The number of rotatable bonds is 3. The minimum absolute atomic E-state index is 0.568. The molecule has 0 aliphatic heterocycles. The van der Waals surface area contributed by atoms with E-state index in [4.69, 9.17) is 0 Å². The summed E-state index contributed by atoms with van der Waals surface area (Å²) >= 11 is 0. The molecule has 1 aromatic carbocycles. The lowest BCUT2D eigenvalue weighted by atomic mass is 9.87. The van der Waals surface area contributed by atoms with Crippen LogP contribution in [0.3, 0.4) is 0 Å². The van der Waals surface area contributed by atoms with E-state index in [0.717, 1.165) is 5.92 Å². The van der Waals surface area contributed by atoms with Crippen LogP contribution in [-0.4, -0.2) is 6.04 Å². The van der Waals surface area contributed by atoms with Gasteiger partial charge in [-0.05, 0) is 68.6 Å². The summed E-state index contributed by atoms with van der Waals surface area (Å²) in [5.41, 5.74) is 7.09.